The van der Waals surface area contributed by atoms with Gasteiger partial charge in [-0.05, 0) is 200 Å². The van der Waals surface area contributed by atoms with Crippen molar-refractivity contribution in [3.8, 4) is 22.3 Å². The lowest BCUT2D eigenvalue weighted by molar-refractivity contribution is 0.332. The lowest BCUT2D eigenvalue weighted by Crippen LogP contribution is -2.60. The van der Waals surface area contributed by atoms with E-state index >= 15 is 0 Å². The number of thiophene rings is 1. The quantitative estimate of drug-likeness (QED) is 0.163. The second-order valence-corrected chi connectivity index (χ2v) is 27.0. The Morgan fingerprint density at radius 3 is 1.65 bits per heavy atom. The first kappa shape index (κ1) is 44.2. The molecule has 6 aromatic carbocycles. The Labute approximate surface area is 412 Å². The number of rotatable bonds is 3. The third kappa shape index (κ3) is 6.33. The van der Waals surface area contributed by atoms with E-state index in [9.17, 15) is 0 Å². The molecule has 2 nitrogen and oxygen atoms in total. The second-order valence-electron chi connectivity index (χ2n) is 25.9. The van der Waals surface area contributed by atoms with Crippen molar-refractivity contribution < 1.29 is 0 Å². The van der Waals surface area contributed by atoms with Gasteiger partial charge in [0.05, 0.1) is 5.69 Å². The number of hydrogen-bond donors (Lipinski definition) is 0. The molecule has 2 aliphatic heterocycles. The minimum absolute atomic E-state index is 0.0246. The molecule has 0 radical (unpaired) electrons. The van der Waals surface area contributed by atoms with Gasteiger partial charge in [-0.1, -0.05) is 138 Å². The van der Waals surface area contributed by atoms with E-state index in [0.717, 1.165) is 0 Å². The molecule has 0 bridgehead atoms. The van der Waals surface area contributed by atoms with Crippen LogP contribution in [0.1, 0.15) is 166 Å². The lowest BCUT2D eigenvalue weighted by Gasteiger charge is -2.47. The van der Waals surface area contributed by atoms with E-state index in [1.54, 1.807) is 0 Å². The zero-order valence-electron chi connectivity index (χ0n) is 43.4. The fourth-order valence-electron chi connectivity index (χ4n) is 13.7. The fourth-order valence-corrected chi connectivity index (χ4v) is 15.0. The molecule has 0 unspecified atom stereocenters. The third-order valence-corrected chi connectivity index (χ3v) is 19.6. The summed E-state index contributed by atoms with van der Waals surface area (Å²) in [5.41, 5.74) is 25.6. The number of nitrogens with zero attached hydrogens (tertiary/aromatic N) is 2. The van der Waals surface area contributed by atoms with Gasteiger partial charge < -0.3 is 9.71 Å². The molecule has 3 aliphatic carbocycles. The summed E-state index contributed by atoms with van der Waals surface area (Å²) < 4.78 is 2.86. The predicted molar refractivity (Wildman–Crippen MR) is 296 cm³/mol. The molecule has 4 heteroatoms. The molecule has 12 rings (SSSR count). The average Bonchev–Trinajstić information content (AvgIpc) is 3.67. The smallest absolute Gasteiger partial charge is 0.343 e. The first-order chi connectivity index (χ1) is 32.0. The van der Waals surface area contributed by atoms with E-state index in [4.69, 9.17) is 0 Å². The molecule has 0 N–H and O–H groups in total. The fraction of sp³-hybridized carbons (Fsp3) is 0.406. The van der Waals surface area contributed by atoms with E-state index in [0.29, 0.717) is 0 Å². The Morgan fingerprint density at radius 1 is 0.456 bits per heavy atom. The molecule has 0 atom stereocenters. The van der Waals surface area contributed by atoms with Crippen molar-refractivity contribution in [2.75, 3.05) is 9.71 Å². The zero-order chi connectivity index (χ0) is 47.8. The van der Waals surface area contributed by atoms with Crippen LogP contribution in [0, 0.1) is 13.8 Å². The molecule has 0 spiro atoms. The summed E-state index contributed by atoms with van der Waals surface area (Å²) in [6, 6.07) is 41.6. The molecule has 5 aliphatic rings. The van der Waals surface area contributed by atoms with Crippen LogP contribution in [0.4, 0.5) is 28.4 Å². The SMILES string of the molecule is Cc1cc2c3c(c1)N(c1cc4c(cc1C)C(C)(C)CCC4(C)C)c1c(sc4cc5c(cc14)C(C)(C)CCC5(C)C)B3N(c1ccc3c(c1)C(C)(C)CCC3(C)C)c1ccc(-c3ccccc3)cc1-2. The maximum absolute atomic E-state index is 2.79. The van der Waals surface area contributed by atoms with Crippen molar-refractivity contribution >= 4 is 66.9 Å². The zero-order valence-corrected chi connectivity index (χ0v) is 44.3. The Morgan fingerprint density at radius 2 is 1.01 bits per heavy atom. The molecular formula is C64H71BN2S. The van der Waals surface area contributed by atoms with Crippen LogP contribution in [-0.4, -0.2) is 6.85 Å². The first-order valence-corrected chi connectivity index (χ1v) is 26.7. The van der Waals surface area contributed by atoms with Crippen molar-refractivity contribution in [2.24, 2.45) is 0 Å². The molecule has 346 valence electrons. The summed E-state index contributed by atoms with van der Waals surface area (Å²) in [6.45, 7) is 34.5. The number of fused-ring (bicyclic) bond motifs is 9. The summed E-state index contributed by atoms with van der Waals surface area (Å²) >= 11 is 2.07. The second kappa shape index (κ2) is 14.3. The van der Waals surface area contributed by atoms with E-state index in [1.807, 2.05) is 0 Å². The molecule has 3 heterocycles. The van der Waals surface area contributed by atoms with Crippen molar-refractivity contribution in [2.45, 2.75) is 168 Å². The molecule has 0 amide bonds. The van der Waals surface area contributed by atoms with Gasteiger partial charge in [0.15, 0.2) is 0 Å². The Balaban J connectivity index is 1.22. The van der Waals surface area contributed by atoms with E-state index < -0.39 is 0 Å². The molecular weight excluding hydrogens is 840 g/mol. The highest BCUT2D eigenvalue weighted by atomic mass is 32.1. The standard InChI is InChI=1S/C64H71BN2S/c1-38-30-44-43-33-41(40-18-16-15-17-19-40)20-23-52(43)67(42-21-22-46-48(34-42)61(7,8)25-24-59(46,3)4)65-56(44)54(31-38)66(53-36-50-47(32-39(53)2)60(5,6)26-28-63(50,11)12)57-45-35-49-51(37-55(45)68-58(57)65)64(13,14)29-27-62(49,9)10/h15-23,30-37H,24-29H2,1-14H3. The summed E-state index contributed by atoms with van der Waals surface area (Å²) in [7, 11) is 0. The Hall–Kier alpha value is -5.06. The van der Waals surface area contributed by atoms with E-state index in [1.165, 1.54) is 154 Å². The average molecular weight is 911 g/mol. The van der Waals surface area contributed by atoms with Crippen LogP contribution in [0.5, 0.6) is 0 Å². The summed E-state index contributed by atoms with van der Waals surface area (Å²) in [5.74, 6) is 0. The largest absolute Gasteiger partial charge is 0.376 e. The maximum atomic E-state index is 2.79. The molecule has 0 saturated carbocycles. The number of benzene rings is 6. The highest BCUT2D eigenvalue weighted by molar-refractivity contribution is 7.32. The van der Waals surface area contributed by atoms with Crippen LogP contribution in [0.3, 0.4) is 0 Å². The van der Waals surface area contributed by atoms with Gasteiger partial charge in [-0.15, -0.1) is 11.3 Å². The van der Waals surface area contributed by atoms with Crippen LogP contribution < -0.4 is 20.0 Å². The summed E-state index contributed by atoms with van der Waals surface area (Å²) in [6.07, 6.45) is 7.17. The van der Waals surface area contributed by atoms with Gasteiger partial charge in [0, 0.05) is 43.2 Å². The number of aryl methyl sites for hydroxylation is 2. The van der Waals surface area contributed by atoms with Gasteiger partial charge in [-0.3, -0.25) is 0 Å². The Kier molecular flexibility index (Phi) is 9.27. The van der Waals surface area contributed by atoms with Gasteiger partial charge in [0.2, 0.25) is 0 Å². The maximum Gasteiger partial charge on any atom is 0.343 e. The highest BCUT2D eigenvalue weighted by Gasteiger charge is 2.49. The minimum Gasteiger partial charge on any atom is -0.376 e. The first-order valence-electron chi connectivity index (χ1n) is 25.8. The van der Waals surface area contributed by atoms with Gasteiger partial charge in [0.25, 0.3) is 0 Å². The van der Waals surface area contributed by atoms with Crippen LogP contribution >= 0.6 is 11.3 Å². The normalized spacial score (nSPS) is 20.5. The predicted octanol–water partition coefficient (Wildman–Crippen LogP) is 16.9. The summed E-state index contributed by atoms with van der Waals surface area (Å²) in [5, 5.41) is 1.40. The molecule has 0 fully saturated rings. The molecule has 0 saturated heterocycles. The van der Waals surface area contributed by atoms with Crippen LogP contribution in [0.15, 0.2) is 103 Å². The van der Waals surface area contributed by atoms with Crippen molar-refractivity contribution in [1.82, 2.24) is 0 Å². The number of anilines is 5. The highest BCUT2D eigenvalue weighted by Crippen LogP contribution is 2.57. The molecule has 7 aromatic rings. The summed E-state index contributed by atoms with van der Waals surface area (Å²) in [4.78, 5) is 5.56. The Bertz CT molecular complexity index is 3280. The van der Waals surface area contributed by atoms with Gasteiger partial charge in [-0.2, -0.15) is 0 Å². The lowest BCUT2D eigenvalue weighted by atomic mass is 9.46. The molecule has 1 aromatic heterocycles. The van der Waals surface area contributed by atoms with Gasteiger partial charge in [0.1, 0.15) is 0 Å². The van der Waals surface area contributed by atoms with Crippen molar-refractivity contribution in [1.29, 1.82) is 0 Å². The van der Waals surface area contributed by atoms with Gasteiger partial charge >= 0.3 is 6.85 Å². The van der Waals surface area contributed by atoms with E-state index in [2.05, 4.69) is 221 Å². The number of hydrogen-bond acceptors (Lipinski definition) is 3. The molecule has 68 heavy (non-hydrogen) atoms. The minimum atomic E-state index is -0.0246. The van der Waals surface area contributed by atoms with Crippen LogP contribution in [-0.2, 0) is 32.5 Å². The monoisotopic (exact) mass is 911 g/mol. The van der Waals surface area contributed by atoms with Gasteiger partial charge in [-0.25, -0.2) is 0 Å². The van der Waals surface area contributed by atoms with E-state index in [-0.39, 0.29) is 39.3 Å². The topological polar surface area (TPSA) is 6.48 Å². The third-order valence-electron chi connectivity index (χ3n) is 18.4. The van der Waals surface area contributed by atoms with Crippen molar-refractivity contribution in [3.63, 3.8) is 0 Å². The van der Waals surface area contributed by atoms with Crippen molar-refractivity contribution in [3.05, 3.63) is 148 Å². The van der Waals surface area contributed by atoms with Crippen LogP contribution in [0.2, 0.25) is 0 Å². The van der Waals surface area contributed by atoms with Crippen LogP contribution in [0.25, 0.3) is 32.3 Å².